The maximum atomic E-state index is 13.0. The first-order chi connectivity index (χ1) is 12.6. The summed E-state index contributed by atoms with van der Waals surface area (Å²) in [5, 5.41) is 4.48. The van der Waals surface area contributed by atoms with Crippen molar-refractivity contribution >= 4 is 23.0 Å². The average Bonchev–Trinajstić information content (AvgIpc) is 3.41. The number of nitrogens with zero attached hydrogens (tertiary/aromatic N) is 1. The molecule has 1 aromatic carbocycles. The van der Waals surface area contributed by atoms with Gasteiger partial charge < -0.3 is 11.1 Å². The predicted molar refractivity (Wildman–Crippen MR) is 103 cm³/mol. The van der Waals surface area contributed by atoms with E-state index in [-0.39, 0.29) is 11.8 Å². The number of piperidine rings is 1. The molecule has 1 atom stereocenters. The molecule has 1 saturated carbocycles. The number of benzene rings is 1. The number of amides is 1. The van der Waals surface area contributed by atoms with Crippen molar-refractivity contribution in [3.8, 4) is 10.4 Å². The zero-order chi connectivity index (χ0) is 18.1. The van der Waals surface area contributed by atoms with Crippen LogP contribution in [0.2, 0.25) is 0 Å². The molecule has 1 aliphatic carbocycles. The summed E-state index contributed by atoms with van der Waals surface area (Å²) >= 11 is 1.59. The third-order valence-corrected chi connectivity index (χ3v) is 6.35. The molecule has 1 amide bonds. The van der Waals surface area contributed by atoms with Gasteiger partial charge in [0.05, 0.1) is 9.88 Å². The number of primary amides is 1. The Labute approximate surface area is 157 Å². The Bertz CT molecular complexity index is 835. The second kappa shape index (κ2) is 7.29. The second-order valence-corrected chi connectivity index (χ2v) is 8.25. The molecule has 0 radical (unpaired) electrons. The first-order valence-corrected chi connectivity index (χ1v) is 10.1. The van der Waals surface area contributed by atoms with Crippen LogP contribution in [0.4, 0.5) is 0 Å². The van der Waals surface area contributed by atoms with E-state index in [0.717, 1.165) is 41.3 Å². The van der Waals surface area contributed by atoms with Gasteiger partial charge in [-0.3, -0.25) is 9.59 Å². The maximum absolute atomic E-state index is 13.0. The molecule has 6 heteroatoms. The van der Waals surface area contributed by atoms with E-state index in [2.05, 4.69) is 5.32 Å². The summed E-state index contributed by atoms with van der Waals surface area (Å²) in [6.45, 7) is 0.982. The van der Waals surface area contributed by atoms with Crippen LogP contribution in [0.15, 0.2) is 24.3 Å². The van der Waals surface area contributed by atoms with Gasteiger partial charge in [0, 0.05) is 23.9 Å². The minimum atomic E-state index is -0.460. The van der Waals surface area contributed by atoms with E-state index in [1.54, 1.807) is 23.5 Å². The van der Waals surface area contributed by atoms with Gasteiger partial charge >= 0.3 is 0 Å². The Hall–Kier alpha value is -2.05. The summed E-state index contributed by atoms with van der Waals surface area (Å²) in [6.07, 6.45) is 6.16. The number of hydrogen-bond acceptors (Lipinski definition) is 5. The fraction of sp³-hybridized carbons (Fsp3) is 0.450. The Balaban J connectivity index is 1.66. The fourth-order valence-electron chi connectivity index (χ4n) is 3.46. The highest BCUT2D eigenvalue weighted by Crippen LogP contribution is 2.45. The van der Waals surface area contributed by atoms with Crippen LogP contribution >= 0.6 is 11.3 Å². The number of ketones is 1. The zero-order valence-electron chi connectivity index (χ0n) is 14.7. The first kappa shape index (κ1) is 17.4. The third kappa shape index (κ3) is 3.71. The molecule has 1 unspecified atom stereocenters. The molecular weight excluding hydrogens is 346 g/mol. The smallest absolute Gasteiger partial charge is 0.248 e. The van der Waals surface area contributed by atoms with Crippen molar-refractivity contribution in [1.82, 2.24) is 10.3 Å². The number of Topliss-reactive ketones (excluding diaryl/α,β-unsaturated/α-hetero) is 1. The summed E-state index contributed by atoms with van der Waals surface area (Å²) < 4.78 is 0. The van der Waals surface area contributed by atoms with Crippen LogP contribution in [0.3, 0.4) is 0 Å². The molecule has 0 bridgehead atoms. The molecule has 0 spiro atoms. The van der Waals surface area contributed by atoms with Crippen molar-refractivity contribution in [3.63, 3.8) is 0 Å². The summed E-state index contributed by atoms with van der Waals surface area (Å²) in [5.74, 6) is 0.123. The average molecular weight is 369 g/mol. The minimum absolute atomic E-state index is 0.0898. The number of rotatable bonds is 6. The highest BCUT2D eigenvalue weighted by Gasteiger charge is 2.31. The predicted octanol–water partition coefficient (Wildman–Crippen LogP) is 3.50. The quantitative estimate of drug-likeness (QED) is 0.763. The third-order valence-electron chi connectivity index (χ3n) is 5.09. The highest BCUT2D eigenvalue weighted by molar-refractivity contribution is 7.15. The SMILES string of the molecule is NC(=O)c1cccc(-c2sc(C3CC3)nc2C(=O)CC2CCCCN2)c1. The van der Waals surface area contributed by atoms with E-state index in [4.69, 9.17) is 10.7 Å². The zero-order valence-corrected chi connectivity index (χ0v) is 15.5. The van der Waals surface area contributed by atoms with E-state index in [1.165, 1.54) is 12.8 Å². The second-order valence-electron chi connectivity index (χ2n) is 7.22. The molecule has 1 aromatic heterocycles. The van der Waals surface area contributed by atoms with E-state index < -0.39 is 5.91 Å². The summed E-state index contributed by atoms with van der Waals surface area (Å²) in [5.41, 5.74) is 7.29. The lowest BCUT2D eigenvalue weighted by molar-refractivity contribution is 0.0958. The molecule has 26 heavy (non-hydrogen) atoms. The standard InChI is InChI=1S/C20H23N3O2S/c21-19(25)14-5-3-4-13(10-14)18-17(23-20(26-18)12-7-8-12)16(24)11-15-6-1-2-9-22-15/h3-5,10,12,15,22H,1-2,6-9,11H2,(H2,21,25). The van der Waals surface area contributed by atoms with Crippen LogP contribution in [-0.2, 0) is 0 Å². The number of carbonyl (C=O) groups is 2. The van der Waals surface area contributed by atoms with Crippen LogP contribution in [0.1, 0.15) is 70.3 Å². The van der Waals surface area contributed by atoms with Gasteiger partial charge in [0.15, 0.2) is 5.78 Å². The molecular formula is C20H23N3O2S. The van der Waals surface area contributed by atoms with Crippen LogP contribution in [-0.4, -0.2) is 29.3 Å². The Morgan fingerprint density at radius 2 is 2.08 bits per heavy atom. The molecule has 1 aliphatic heterocycles. The lowest BCUT2D eigenvalue weighted by Gasteiger charge is -2.22. The van der Waals surface area contributed by atoms with Crippen molar-refractivity contribution in [3.05, 3.63) is 40.5 Å². The highest BCUT2D eigenvalue weighted by atomic mass is 32.1. The van der Waals surface area contributed by atoms with Crippen LogP contribution in [0, 0.1) is 0 Å². The van der Waals surface area contributed by atoms with E-state index in [9.17, 15) is 9.59 Å². The number of thiazole rings is 1. The van der Waals surface area contributed by atoms with Crippen LogP contribution in [0.25, 0.3) is 10.4 Å². The van der Waals surface area contributed by atoms with Gasteiger partial charge in [-0.2, -0.15) is 0 Å². The first-order valence-electron chi connectivity index (χ1n) is 9.29. The number of hydrogen-bond donors (Lipinski definition) is 2. The molecule has 1 saturated heterocycles. The number of nitrogens with two attached hydrogens (primary N) is 1. The lowest BCUT2D eigenvalue weighted by atomic mass is 9.97. The topological polar surface area (TPSA) is 85.1 Å². The molecule has 2 fully saturated rings. The van der Waals surface area contributed by atoms with Gasteiger partial charge in [0.1, 0.15) is 5.69 Å². The summed E-state index contributed by atoms with van der Waals surface area (Å²) in [7, 11) is 0. The van der Waals surface area contributed by atoms with E-state index in [1.807, 2.05) is 12.1 Å². The van der Waals surface area contributed by atoms with Gasteiger partial charge in [0.2, 0.25) is 5.91 Å². The molecule has 2 aromatic rings. The number of nitrogens with one attached hydrogen (secondary N) is 1. The molecule has 2 aliphatic rings. The van der Waals surface area contributed by atoms with Gasteiger partial charge in [-0.15, -0.1) is 11.3 Å². The van der Waals surface area contributed by atoms with Gasteiger partial charge in [-0.25, -0.2) is 4.98 Å². The van der Waals surface area contributed by atoms with Crippen molar-refractivity contribution < 1.29 is 9.59 Å². The van der Waals surface area contributed by atoms with Gasteiger partial charge in [0.25, 0.3) is 0 Å². The molecule has 3 N–H and O–H groups in total. The normalized spacial score (nSPS) is 20.1. The summed E-state index contributed by atoms with van der Waals surface area (Å²) in [6, 6.07) is 7.44. The minimum Gasteiger partial charge on any atom is -0.366 e. The molecule has 136 valence electrons. The summed E-state index contributed by atoms with van der Waals surface area (Å²) in [4.78, 5) is 30.1. The van der Waals surface area contributed by atoms with E-state index >= 15 is 0 Å². The van der Waals surface area contributed by atoms with E-state index in [0.29, 0.717) is 23.6 Å². The van der Waals surface area contributed by atoms with Crippen molar-refractivity contribution in [2.75, 3.05) is 6.54 Å². The Kier molecular flexibility index (Phi) is 4.87. The van der Waals surface area contributed by atoms with Gasteiger partial charge in [-0.05, 0) is 49.9 Å². The lowest BCUT2D eigenvalue weighted by Crippen LogP contribution is -2.35. The Morgan fingerprint density at radius 1 is 1.23 bits per heavy atom. The number of carbonyl (C=O) groups excluding carboxylic acids is 2. The molecule has 5 nitrogen and oxygen atoms in total. The molecule has 2 heterocycles. The largest absolute Gasteiger partial charge is 0.366 e. The number of aromatic nitrogens is 1. The van der Waals surface area contributed by atoms with Crippen molar-refractivity contribution in [2.45, 2.75) is 50.5 Å². The van der Waals surface area contributed by atoms with Crippen molar-refractivity contribution in [1.29, 1.82) is 0 Å². The van der Waals surface area contributed by atoms with Gasteiger partial charge in [-0.1, -0.05) is 18.6 Å². The van der Waals surface area contributed by atoms with Crippen LogP contribution < -0.4 is 11.1 Å². The maximum Gasteiger partial charge on any atom is 0.248 e. The van der Waals surface area contributed by atoms with Crippen molar-refractivity contribution in [2.24, 2.45) is 5.73 Å². The monoisotopic (exact) mass is 369 g/mol. The van der Waals surface area contributed by atoms with Crippen LogP contribution in [0.5, 0.6) is 0 Å². The molecule has 4 rings (SSSR count). The fourth-order valence-corrected chi connectivity index (χ4v) is 4.71. The Morgan fingerprint density at radius 3 is 2.77 bits per heavy atom.